The third kappa shape index (κ3) is 3.38. The number of aromatic hydroxyl groups is 1. The molecule has 3 rings (SSSR count). The molecule has 0 amide bonds. The molecular weight excluding hydrogens is 514 g/mol. The van der Waals surface area contributed by atoms with Crippen LogP contribution in [0.4, 0.5) is 18.9 Å². The van der Waals surface area contributed by atoms with Gasteiger partial charge in [-0.3, -0.25) is 4.90 Å². The van der Waals surface area contributed by atoms with Gasteiger partial charge in [0.15, 0.2) is 5.75 Å². The average molecular weight is 531 g/mol. The van der Waals surface area contributed by atoms with Gasteiger partial charge in [0.1, 0.15) is 5.66 Å². The Kier molecular flexibility index (Phi) is 5.19. The molecule has 1 saturated carbocycles. The highest BCUT2D eigenvalue weighted by molar-refractivity contribution is 14.1. The van der Waals surface area contributed by atoms with Gasteiger partial charge in [-0.25, -0.2) is 13.4 Å². The van der Waals surface area contributed by atoms with Gasteiger partial charge in [0.05, 0.1) is 14.2 Å². The first-order valence-electron chi connectivity index (χ1n) is 8.23. The predicted octanol–water partition coefficient (Wildman–Crippen LogP) is 2.40. The Morgan fingerprint density at radius 2 is 1.79 bits per heavy atom. The lowest BCUT2D eigenvalue weighted by molar-refractivity contribution is -0.0436. The Hall–Kier alpha value is -1.77. The number of rotatable bonds is 2. The van der Waals surface area contributed by atoms with E-state index < -0.39 is 31.7 Å². The number of hydrogen-bond acceptors (Lipinski definition) is 8. The second-order valence-corrected chi connectivity index (χ2v) is 9.64. The van der Waals surface area contributed by atoms with Gasteiger partial charge in [-0.05, 0) is 60.4 Å². The zero-order chi connectivity index (χ0) is 20.9. The molecule has 13 heteroatoms. The standard InChI is InChI=1S/C15H17F3IN5O3S/c16-15(17,18)28(26,27)8-6-9(19)11(25)10(7-8)24-13(21)22-12(20)23-14(24)4-2-1-3-5-14/h6-7,25H,1-5H2,(H4,20,21,22,23). The van der Waals surface area contributed by atoms with Gasteiger partial charge in [0.2, 0.25) is 11.9 Å². The van der Waals surface area contributed by atoms with E-state index in [2.05, 4.69) is 9.98 Å². The van der Waals surface area contributed by atoms with Gasteiger partial charge in [-0.1, -0.05) is 6.42 Å². The minimum absolute atomic E-state index is 0.0797. The Morgan fingerprint density at radius 1 is 1.18 bits per heavy atom. The molecule has 1 aliphatic heterocycles. The molecule has 1 aliphatic carbocycles. The Balaban J connectivity index is 2.23. The summed E-state index contributed by atoms with van der Waals surface area (Å²) in [4.78, 5) is 8.51. The van der Waals surface area contributed by atoms with Crippen molar-refractivity contribution in [3.63, 3.8) is 0 Å². The van der Waals surface area contributed by atoms with E-state index in [0.29, 0.717) is 12.8 Å². The second kappa shape index (κ2) is 6.93. The van der Waals surface area contributed by atoms with E-state index in [-0.39, 0.29) is 21.2 Å². The fourth-order valence-corrected chi connectivity index (χ4v) is 5.12. The highest BCUT2D eigenvalue weighted by atomic mass is 127. The van der Waals surface area contributed by atoms with Crippen molar-refractivity contribution >= 4 is 50.0 Å². The van der Waals surface area contributed by atoms with Crippen LogP contribution in [0.25, 0.3) is 0 Å². The zero-order valence-corrected chi connectivity index (χ0v) is 17.3. The summed E-state index contributed by atoms with van der Waals surface area (Å²) in [5, 5.41) is 10.5. The molecule has 8 nitrogen and oxygen atoms in total. The number of hydrogen-bond donors (Lipinski definition) is 3. The van der Waals surface area contributed by atoms with Crippen molar-refractivity contribution in [2.75, 3.05) is 4.90 Å². The minimum atomic E-state index is -5.63. The number of anilines is 1. The Morgan fingerprint density at radius 3 is 2.36 bits per heavy atom. The van der Waals surface area contributed by atoms with Crippen LogP contribution in [0.5, 0.6) is 5.75 Å². The number of phenols is 1. The molecule has 1 aromatic carbocycles. The molecule has 5 N–H and O–H groups in total. The van der Waals surface area contributed by atoms with Crippen LogP contribution in [0.15, 0.2) is 27.0 Å². The number of nitrogens with zero attached hydrogens (tertiary/aromatic N) is 3. The van der Waals surface area contributed by atoms with Crippen molar-refractivity contribution in [1.82, 2.24) is 0 Å². The molecule has 0 unspecified atom stereocenters. The van der Waals surface area contributed by atoms with Crippen molar-refractivity contribution < 1.29 is 26.7 Å². The summed E-state index contributed by atoms with van der Waals surface area (Å²) in [5.41, 5.74) is 4.99. The van der Waals surface area contributed by atoms with E-state index >= 15 is 0 Å². The number of halogens is 4. The lowest BCUT2D eigenvalue weighted by atomic mass is 9.87. The van der Waals surface area contributed by atoms with Crippen LogP contribution < -0.4 is 16.4 Å². The number of benzene rings is 1. The Labute approximate surface area is 172 Å². The summed E-state index contributed by atoms with van der Waals surface area (Å²) in [6, 6.07) is 1.50. The molecule has 0 saturated heterocycles. The quantitative estimate of drug-likeness (QED) is 0.502. The highest BCUT2D eigenvalue weighted by Gasteiger charge is 2.49. The normalized spacial score (nSPS) is 20.1. The van der Waals surface area contributed by atoms with Gasteiger partial charge in [0, 0.05) is 0 Å². The molecule has 0 aromatic heterocycles. The molecule has 1 aromatic rings. The summed E-state index contributed by atoms with van der Waals surface area (Å²) in [6.07, 6.45) is 3.36. The van der Waals surface area contributed by atoms with Gasteiger partial charge in [-0.15, -0.1) is 0 Å². The van der Waals surface area contributed by atoms with Crippen LogP contribution in [0.1, 0.15) is 32.1 Å². The van der Waals surface area contributed by atoms with Gasteiger partial charge in [0.25, 0.3) is 9.84 Å². The van der Waals surface area contributed by atoms with Gasteiger partial charge < -0.3 is 16.6 Å². The maximum Gasteiger partial charge on any atom is 0.501 e. The van der Waals surface area contributed by atoms with E-state index in [9.17, 15) is 26.7 Å². The smallest absolute Gasteiger partial charge is 0.501 e. The molecular formula is C15H17F3IN5O3S. The van der Waals surface area contributed by atoms with E-state index in [1.54, 1.807) is 22.6 Å². The number of phenolic OH excluding ortho intramolecular Hbond substituents is 1. The van der Waals surface area contributed by atoms with Crippen LogP contribution in [-0.4, -0.2) is 36.6 Å². The van der Waals surface area contributed by atoms with Crippen molar-refractivity contribution in [3.8, 4) is 5.75 Å². The molecule has 0 radical (unpaired) electrons. The first-order valence-corrected chi connectivity index (χ1v) is 10.8. The summed E-state index contributed by atoms with van der Waals surface area (Å²) in [6.45, 7) is 0. The molecule has 2 aliphatic rings. The van der Waals surface area contributed by atoms with Crippen LogP contribution >= 0.6 is 22.6 Å². The molecule has 28 heavy (non-hydrogen) atoms. The monoisotopic (exact) mass is 531 g/mol. The minimum Gasteiger partial charge on any atom is -0.505 e. The summed E-state index contributed by atoms with van der Waals surface area (Å²) < 4.78 is 62.9. The van der Waals surface area contributed by atoms with Gasteiger partial charge in [-0.2, -0.15) is 18.2 Å². The Bertz CT molecular complexity index is 972. The first kappa shape index (κ1) is 21.0. The SMILES string of the molecule is NC1=NC2(CCCCC2)N(c2cc(S(=O)(=O)C(F)(F)F)cc(I)c2O)C(N)=N1. The molecule has 1 fully saturated rings. The van der Waals surface area contributed by atoms with E-state index in [4.69, 9.17) is 11.5 Å². The fourth-order valence-electron chi connectivity index (χ4n) is 3.49. The summed E-state index contributed by atoms with van der Waals surface area (Å²) in [7, 11) is -5.63. The molecule has 1 spiro atoms. The highest BCUT2D eigenvalue weighted by Crippen LogP contribution is 2.45. The maximum atomic E-state index is 13.0. The zero-order valence-electron chi connectivity index (χ0n) is 14.4. The van der Waals surface area contributed by atoms with Crippen LogP contribution in [0.2, 0.25) is 0 Å². The van der Waals surface area contributed by atoms with Crippen LogP contribution in [0.3, 0.4) is 0 Å². The average Bonchev–Trinajstić information content (AvgIpc) is 2.57. The van der Waals surface area contributed by atoms with E-state index in [1.165, 1.54) is 4.90 Å². The lowest BCUT2D eigenvalue weighted by Gasteiger charge is -2.45. The molecule has 0 atom stereocenters. The number of guanidine groups is 2. The lowest BCUT2D eigenvalue weighted by Crippen LogP contribution is -2.58. The van der Waals surface area contributed by atoms with Crippen molar-refractivity contribution in [2.45, 2.75) is 48.2 Å². The van der Waals surface area contributed by atoms with Gasteiger partial charge >= 0.3 is 5.51 Å². The van der Waals surface area contributed by atoms with Crippen molar-refractivity contribution in [2.24, 2.45) is 21.5 Å². The third-order valence-electron chi connectivity index (χ3n) is 4.72. The first-order chi connectivity index (χ1) is 12.9. The van der Waals surface area contributed by atoms with E-state index in [0.717, 1.165) is 31.4 Å². The number of nitrogens with two attached hydrogens (primary N) is 2. The summed E-state index contributed by atoms with van der Waals surface area (Å²) >= 11 is 1.56. The molecule has 1 heterocycles. The predicted molar refractivity (Wildman–Crippen MR) is 106 cm³/mol. The van der Waals surface area contributed by atoms with Crippen molar-refractivity contribution in [1.29, 1.82) is 0 Å². The van der Waals surface area contributed by atoms with Crippen LogP contribution in [0, 0.1) is 3.57 Å². The number of sulfone groups is 1. The molecule has 0 bridgehead atoms. The fraction of sp³-hybridized carbons (Fsp3) is 0.467. The van der Waals surface area contributed by atoms with E-state index in [1.807, 2.05) is 0 Å². The molecule has 154 valence electrons. The van der Waals surface area contributed by atoms with Crippen LogP contribution in [-0.2, 0) is 9.84 Å². The summed E-state index contributed by atoms with van der Waals surface area (Å²) in [5.74, 6) is -0.675. The number of alkyl halides is 3. The third-order valence-corrected chi connectivity index (χ3v) is 7.01. The largest absolute Gasteiger partial charge is 0.505 e. The maximum absolute atomic E-state index is 13.0. The van der Waals surface area contributed by atoms with Crippen molar-refractivity contribution in [3.05, 3.63) is 15.7 Å². The number of aliphatic imine (C=N–C) groups is 2. The second-order valence-electron chi connectivity index (χ2n) is 6.54. The topological polar surface area (TPSA) is 134 Å².